The summed E-state index contributed by atoms with van der Waals surface area (Å²) in [7, 11) is 0. The number of rotatable bonds is 5. The SMILES string of the molecule is Cc1cnc(SCC(=O)O)n1Cc1cc(Br)cs1. The summed E-state index contributed by atoms with van der Waals surface area (Å²) in [5.74, 6) is -0.795. The van der Waals surface area contributed by atoms with Crippen molar-refractivity contribution in [3.63, 3.8) is 0 Å². The predicted octanol–water partition coefficient (Wildman–Crippen LogP) is 3.24. The van der Waals surface area contributed by atoms with Crippen LogP contribution in [0.5, 0.6) is 0 Å². The van der Waals surface area contributed by atoms with E-state index in [1.54, 1.807) is 17.5 Å². The Labute approximate surface area is 121 Å². The molecular formula is C11H11BrN2O2S2. The fourth-order valence-corrected chi connectivity index (χ4v) is 3.65. The van der Waals surface area contributed by atoms with Gasteiger partial charge in [0.05, 0.1) is 12.3 Å². The first-order valence-corrected chi connectivity index (χ1v) is 7.81. The van der Waals surface area contributed by atoms with E-state index in [1.807, 2.05) is 16.9 Å². The number of imidazole rings is 1. The first-order valence-electron chi connectivity index (χ1n) is 5.16. The Morgan fingerprint density at radius 1 is 1.67 bits per heavy atom. The fraction of sp³-hybridized carbons (Fsp3) is 0.273. The van der Waals surface area contributed by atoms with Gasteiger partial charge < -0.3 is 9.67 Å². The van der Waals surface area contributed by atoms with Crippen LogP contribution in [0, 0.1) is 6.92 Å². The summed E-state index contributed by atoms with van der Waals surface area (Å²) in [5, 5.41) is 11.5. The van der Waals surface area contributed by atoms with E-state index in [2.05, 4.69) is 27.0 Å². The molecule has 2 aromatic rings. The monoisotopic (exact) mass is 346 g/mol. The zero-order valence-corrected chi connectivity index (χ0v) is 12.8. The third-order valence-corrected chi connectivity index (χ3v) is 4.94. The van der Waals surface area contributed by atoms with E-state index in [4.69, 9.17) is 5.11 Å². The average Bonchev–Trinajstić information content (AvgIpc) is 2.85. The molecule has 0 amide bonds. The van der Waals surface area contributed by atoms with Crippen molar-refractivity contribution in [1.82, 2.24) is 9.55 Å². The van der Waals surface area contributed by atoms with Crippen molar-refractivity contribution in [3.8, 4) is 0 Å². The molecule has 2 rings (SSSR count). The van der Waals surface area contributed by atoms with Crippen LogP contribution in [0.25, 0.3) is 0 Å². The van der Waals surface area contributed by atoms with Crippen molar-refractivity contribution >= 4 is 45.0 Å². The molecule has 18 heavy (non-hydrogen) atoms. The highest BCUT2D eigenvalue weighted by molar-refractivity contribution is 9.10. The molecule has 0 unspecified atom stereocenters. The van der Waals surface area contributed by atoms with Crippen LogP contribution in [0.3, 0.4) is 0 Å². The molecule has 4 nitrogen and oxygen atoms in total. The van der Waals surface area contributed by atoms with Gasteiger partial charge in [-0.25, -0.2) is 4.98 Å². The standard InChI is InChI=1S/C11H11BrN2O2S2/c1-7-3-13-11(18-6-10(15)16)14(7)4-9-2-8(12)5-17-9/h2-3,5H,4,6H2,1H3,(H,15,16). The average molecular weight is 347 g/mol. The first kappa shape index (κ1) is 13.6. The molecule has 0 atom stereocenters. The highest BCUT2D eigenvalue weighted by atomic mass is 79.9. The van der Waals surface area contributed by atoms with Crippen LogP contribution in [-0.2, 0) is 11.3 Å². The Balaban J connectivity index is 2.16. The van der Waals surface area contributed by atoms with Crippen molar-refractivity contribution in [3.05, 3.63) is 32.7 Å². The summed E-state index contributed by atoms with van der Waals surface area (Å²) in [5.41, 5.74) is 1.03. The lowest BCUT2D eigenvalue weighted by atomic mass is 10.4. The van der Waals surface area contributed by atoms with Gasteiger partial charge in [-0.15, -0.1) is 11.3 Å². The molecule has 2 heterocycles. The van der Waals surface area contributed by atoms with E-state index < -0.39 is 5.97 Å². The molecule has 0 radical (unpaired) electrons. The largest absolute Gasteiger partial charge is 0.481 e. The van der Waals surface area contributed by atoms with Gasteiger partial charge in [0.1, 0.15) is 0 Å². The maximum absolute atomic E-state index is 10.6. The zero-order valence-electron chi connectivity index (χ0n) is 9.59. The molecule has 1 N–H and O–H groups in total. The fourth-order valence-electron chi connectivity index (χ4n) is 1.47. The number of hydrogen-bond acceptors (Lipinski definition) is 4. The minimum absolute atomic E-state index is 0.0323. The van der Waals surface area contributed by atoms with Gasteiger partial charge in [0, 0.05) is 26.6 Å². The summed E-state index contributed by atoms with van der Waals surface area (Å²) >= 11 is 6.34. The lowest BCUT2D eigenvalue weighted by Gasteiger charge is -2.07. The van der Waals surface area contributed by atoms with Crippen LogP contribution in [0.15, 0.2) is 27.3 Å². The second-order valence-electron chi connectivity index (χ2n) is 3.68. The molecule has 0 fully saturated rings. The number of hydrogen-bond donors (Lipinski definition) is 1. The van der Waals surface area contributed by atoms with E-state index in [0.717, 1.165) is 21.9 Å². The second-order valence-corrected chi connectivity index (χ2v) is 6.54. The lowest BCUT2D eigenvalue weighted by Crippen LogP contribution is -2.05. The van der Waals surface area contributed by atoms with Gasteiger partial charge in [-0.05, 0) is 28.9 Å². The van der Waals surface area contributed by atoms with Crippen molar-refractivity contribution in [2.24, 2.45) is 0 Å². The highest BCUT2D eigenvalue weighted by Crippen LogP contribution is 2.24. The Bertz CT molecular complexity index is 565. The van der Waals surface area contributed by atoms with Crippen molar-refractivity contribution < 1.29 is 9.90 Å². The Kier molecular flexibility index (Phi) is 4.47. The van der Waals surface area contributed by atoms with Crippen LogP contribution in [0.4, 0.5) is 0 Å². The summed E-state index contributed by atoms with van der Waals surface area (Å²) < 4.78 is 3.10. The van der Waals surface area contributed by atoms with Gasteiger partial charge in [0.15, 0.2) is 5.16 Å². The minimum Gasteiger partial charge on any atom is -0.481 e. The van der Waals surface area contributed by atoms with E-state index in [-0.39, 0.29) is 5.75 Å². The van der Waals surface area contributed by atoms with Crippen LogP contribution in [0.2, 0.25) is 0 Å². The van der Waals surface area contributed by atoms with E-state index in [9.17, 15) is 4.79 Å². The van der Waals surface area contributed by atoms with Gasteiger partial charge in [0.2, 0.25) is 0 Å². The summed E-state index contributed by atoms with van der Waals surface area (Å²) in [6, 6.07) is 2.07. The maximum atomic E-state index is 10.6. The number of aryl methyl sites for hydroxylation is 1. The molecule has 0 aliphatic heterocycles. The molecule has 0 saturated heterocycles. The van der Waals surface area contributed by atoms with E-state index >= 15 is 0 Å². The van der Waals surface area contributed by atoms with Crippen LogP contribution < -0.4 is 0 Å². The van der Waals surface area contributed by atoms with Gasteiger partial charge in [-0.3, -0.25) is 4.79 Å². The summed E-state index contributed by atoms with van der Waals surface area (Å²) in [6.45, 7) is 2.70. The van der Waals surface area contributed by atoms with Crippen molar-refractivity contribution in [2.75, 3.05) is 5.75 Å². The quantitative estimate of drug-likeness (QED) is 0.844. The normalized spacial score (nSPS) is 10.8. The molecule has 7 heteroatoms. The van der Waals surface area contributed by atoms with E-state index in [1.165, 1.54) is 16.6 Å². The summed E-state index contributed by atoms with van der Waals surface area (Å²) in [4.78, 5) is 16.0. The number of carbonyl (C=O) groups is 1. The number of nitrogens with zero attached hydrogens (tertiary/aromatic N) is 2. The lowest BCUT2D eigenvalue weighted by molar-refractivity contribution is -0.133. The van der Waals surface area contributed by atoms with Gasteiger partial charge in [-0.1, -0.05) is 11.8 Å². The zero-order chi connectivity index (χ0) is 13.1. The maximum Gasteiger partial charge on any atom is 0.313 e. The Morgan fingerprint density at radius 2 is 2.44 bits per heavy atom. The molecule has 0 aliphatic carbocycles. The molecule has 0 aromatic carbocycles. The van der Waals surface area contributed by atoms with Crippen LogP contribution in [-0.4, -0.2) is 26.4 Å². The number of thiophene rings is 1. The number of thioether (sulfide) groups is 1. The van der Waals surface area contributed by atoms with Gasteiger partial charge >= 0.3 is 5.97 Å². The Morgan fingerprint density at radius 3 is 3.06 bits per heavy atom. The smallest absolute Gasteiger partial charge is 0.313 e. The van der Waals surface area contributed by atoms with Crippen LogP contribution >= 0.6 is 39.0 Å². The van der Waals surface area contributed by atoms with E-state index in [0.29, 0.717) is 0 Å². The molecule has 0 aliphatic rings. The number of aromatic nitrogens is 2. The molecule has 0 spiro atoms. The molecular weight excluding hydrogens is 336 g/mol. The highest BCUT2D eigenvalue weighted by Gasteiger charge is 2.10. The number of halogens is 1. The van der Waals surface area contributed by atoms with Gasteiger partial charge in [0.25, 0.3) is 0 Å². The first-order chi connectivity index (χ1) is 8.56. The van der Waals surface area contributed by atoms with Gasteiger partial charge in [-0.2, -0.15) is 0 Å². The number of carboxylic acids is 1. The van der Waals surface area contributed by atoms with Crippen molar-refractivity contribution in [2.45, 2.75) is 18.6 Å². The minimum atomic E-state index is -0.828. The topological polar surface area (TPSA) is 55.1 Å². The molecule has 96 valence electrons. The molecule has 2 aromatic heterocycles. The third-order valence-electron chi connectivity index (χ3n) is 2.28. The molecule has 0 saturated carbocycles. The van der Waals surface area contributed by atoms with Crippen LogP contribution in [0.1, 0.15) is 10.6 Å². The summed E-state index contributed by atoms with van der Waals surface area (Å²) in [6.07, 6.45) is 1.77. The van der Waals surface area contributed by atoms with Crippen molar-refractivity contribution in [1.29, 1.82) is 0 Å². The number of carboxylic acid groups (broad SMARTS) is 1. The molecule has 0 bridgehead atoms. The third kappa shape index (κ3) is 3.37. The second kappa shape index (κ2) is 5.90. The Hall–Kier alpha value is -0.790. The predicted molar refractivity (Wildman–Crippen MR) is 76.4 cm³/mol. The number of aliphatic carboxylic acids is 1.